The van der Waals surface area contributed by atoms with Crippen LogP contribution in [0.1, 0.15) is 24.0 Å². The Morgan fingerprint density at radius 3 is 2.57 bits per heavy atom. The Bertz CT molecular complexity index is 522. The highest BCUT2D eigenvalue weighted by Crippen LogP contribution is 2.17. The van der Waals surface area contributed by atoms with Gasteiger partial charge in [0.1, 0.15) is 0 Å². The molecule has 1 aliphatic heterocycles. The molecule has 114 valence electrons. The van der Waals surface area contributed by atoms with Gasteiger partial charge in [-0.15, -0.1) is 0 Å². The highest BCUT2D eigenvalue weighted by molar-refractivity contribution is 5.92. The number of anilines is 1. The number of nitrogens with zero attached hydrogens (tertiary/aromatic N) is 1. The number of aryl methyl sites for hydroxylation is 2. The SMILES string of the molecule is Cc1cc(C)cc(NC(=O)CN2CCCC(C(=O)O)C2)c1. The van der Waals surface area contributed by atoms with Crippen molar-refractivity contribution in [1.29, 1.82) is 0 Å². The number of aliphatic carboxylic acids is 1. The lowest BCUT2D eigenvalue weighted by molar-refractivity contribution is -0.144. The predicted molar refractivity (Wildman–Crippen MR) is 81.3 cm³/mol. The van der Waals surface area contributed by atoms with Crippen LogP contribution in [0.15, 0.2) is 18.2 Å². The fraction of sp³-hybridized carbons (Fsp3) is 0.500. The van der Waals surface area contributed by atoms with Crippen molar-refractivity contribution in [2.75, 3.05) is 25.0 Å². The average molecular weight is 290 g/mol. The molecular formula is C16H22N2O3. The summed E-state index contributed by atoms with van der Waals surface area (Å²) in [4.78, 5) is 25.0. The van der Waals surface area contributed by atoms with Crippen LogP contribution in [0.4, 0.5) is 5.69 Å². The van der Waals surface area contributed by atoms with Gasteiger partial charge in [-0.1, -0.05) is 6.07 Å². The zero-order chi connectivity index (χ0) is 15.4. The summed E-state index contributed by atoms with van der Waals surface area (Å²) < 4.78 is 0. The van der Waals surface area contributed by atoms with Gasteiger partial charge in [-0.25, -0.2) is 0 Å². The molecule has 1 atom stereocenters. The third-order valence-electron chi connectivity index (χ3n) is 3.73. The Balaban J connectivity index is 1.90. The van der Waals surface area contributed by atoms with Crippen molar-refractivity contribution in [3.63, 3.8) is 0 Å². The molecule has 0 spiro atoms. The van der Waals surface area contributed by atoms with Crippen molar-refractivity contribution in [2.45, 2.75) is 26.7 Å². The van der Waals surface area contributed by atoms with E-state index in [1.165, 1.54) is 0 Å². The van der Waals surface area contributed by atoms with Crippen LogP contribution in [0.25, 0.3) is 0 Å². The molecule has 2 N–H and O–H groups in total. The second kappa shape index (κ2) is 6.72. The van der Waals surface area contributed by atoms with Gasteiger partial charge in [0, 0.05) is 12.2 Å². The number of likely N-dealkylation sites (tertiary alicyclic amines) is 1. The standard InChI is InChI=1S/C16H22N2O3/c1-11-6-12(2)8-14(7-11)17-15(19)10-18-5-3-4-13(9-18)16(20)21/h6-8,13H,3-5,9-10H2,1-2H3,(H,17,19)(H,20,21). The van der Waals surface area contributed by atoms with Crippen molar-refractivity contribution in [3.05, 3.63) is 29.3 Å². The lowest BCUT2D eigenvalue weighted by Gasteiger charge is -2.29. The summed E-state index contributed by atoms with van der Waals surface area (Å²) in [6, 6.07) is 5.92. The lowest BCUT2D eigenvalue weighted by atomic mass is 9.98. The highest BCUT2D eigenvalue weighted by Gasteiger charge is 2.26. The average Bonchev–Trinajstić information content (AvgIpc) is 2.37. The van der Waals surface area contributed by atoms with Crippen molar-refractivity contribution in [2.24, 2.45) is 5.92 Å². The Hall–Kier alpha value is -1.88. The Morgan fingerprint density at radius 1 is 1.29 bits per heavy atom. The van der Waals surface area contributed by atoms with E-state index < -0.39 is 5.97 Å². The molecule has 0 bridgehead atoms. The monoisotopic (exact) mass is 290 g/mol. The van der Waals surface area contributed by atoms with Crippen LogP contribution in [0.5, 0.6) is 0 Å². The smallest absolute Gasteiger partial charge is 0.307 e. The van der Waals surface area contributed by atoms with E-state index in [1.807, 2.05) is 30.9 Å². The maximum atomic E-state index is 12.1. The molecule has 1 fully saturated rings. The van der Waals surface area contributed by atoms with Gasteiger partial charge in [-0.2, -0.15) is 0 Å². The Kier molecular flexibility index (Phi) is 4.96. The summed E-state index contributed by atoms with van der Waals surface area (Å²) in [6.45, 7) is 5.46. The van der Waals surface area contributed by atoms with Crippen molar-refractivity contribution >= 4 is 17.6 Å². The van der Waals surface area contributed by atoms with Crippen LogP contribution in [0, 0.1) is 19.8 Å². The van der Waals surface area contributed by atoms with E-state index in [2.05, 4.69) is 11.4 Å². The normalized spacial score (nSPS) is 19.2. The first-order valence-corrected chi connectivity index (χ1v) is 7.27. The molecular weight excluding hydrogens is 268 g/mol. The van der Waals surface area contributed by atoms with E-state index in [1.54, 1.807) is 0 Å². The minimum atomic E-state index is -0.769. The van der Waals surface area contributed by atoms with Gasteiger partial charge in [0.15, 0.2) is 0 Å². The first-order valence-electron chi connectivity index (χ1n) is 7.27. The van der Waals surface area contributed by atoms with Crippen LogP contribution >= 0.6 is 0 Å². The van der Waals surface area contributed by atoms with E-state index in [0.29, 0.717) is 13.0 Å². The second-order valence-corrected chi connectivity index (χ2v) is 5.84. The summed E-state index contributed by atoms with van der Waals surface area (Å²) in [6.07, 6.45) is 1.53. The molecule has 1 aromatic rings. The summed E-state index contributed by atoms with van der Waals surface area (Å²) >= 11 is 0. The van der Waals surface area contributed by atoms with Crippen molar-refractivity contribution in [3.8, 4) is 0 Å². The molecule has 1 aromatic carbocycles. The zero-order valence-corrected chi connectivity index (χ0v) is 12.6. The number of carboxylic acids is 1. The number of carboxylic acid groups (broad SMARTS) is 1. The maximum absolute atomic E-state index is 12.1. The summed E-state index contributed by atoms with van der Waals surface area (Å²) in [7, 11) is 0. The van der Waals surface area contributed by atoms with Gasteiger partial charge in [-0.05, 0) is 56.5 Å². The van der Waals surface area contributed by atoms with E-state index >= 15 is 0 Å². The Morgan fingerprint density at radius 2 is 1.95 bits per heavy atom. The van der Waals surface area contributed by atoms with Crippen LogP contribution < -0.4 is 5.32 Å². The molecule has 0 saturated carbocycles. The molecule has 1 saturated heterocycles. The summed E-state index contributed by atoms with van der Waals surface area (Å²) in [5, 5.41) is 11.9. The Labute approximate surface area is 125 Å². The molecule has 5 nitrogen and oxygen atoms in total. The third kappa shape index (κ3) is 4.56. The van der Waals surface area contributed by atoms with Crippen LogP contribution in [-0.4, -0.2) is 41.5 Å². The predicted octanol–water partition coefficient (Wildman–Crippen LogP) is 2.04. The topological polar surface area (TPSA) is 69.6 Å². The molecule has 5 heteroatoms. The summed E-state index contributed by atoms with van der Waals surface area (Å²) in [5.74, 6) is -1.21. The molecule has 1 heterocycles. The number of hydrogen-bond acceptors (Lipinski definition) is 3. The minimum Gasteiger partial charge on any atom is -0.481 e. The molecule has 2 rings (SSSR count). The minimum absolute atomic E-state index is 0.0916. The second-order valence-electron chi connectivity index (χ2n) is 5.84. The van der Waals surface area contributed by atoms with E-state index in [-0.39, 0.29) is 18.4 Å². The first kappa shape index (κ1) is 15.5. The molecule has 0 aromatic heterocycles. The van der Waals surface area contributed by atoms with Crippen LogP contribution in [0.3, 0.4) is 0 Å². The van der Waals surface area contributed by atoms with Gasteiger partial charge >= 0.3 is 5.97 Å². The van der Waals surface area contributed by atoms with Gasteiger partial charge in [-0.3, -0.25) is 14.5 Å². The largest absolute Gasteiger partial charge is 0.481 e. The first-order chi connectivity index (χ1) is 9.94. The molecule has 0 aliphatic carbocycles. The van der Waals surface area contributed by atoms with Gasteiger partial charge in [0.05, 0.1) is 12.5 Å². The fourth-order valence-corrected chi connectivity index (χ4v) is 2.85. The van der Waals surface area contributed by atoms with Crippen molar-refractivity contribution < 1.29 is 14.7 Å². The number of hydrogen-bond donors (Lipinski definition) is 2. The van der Waals surface area contributed by atoms with Gasteiger partial charge in [0.2, 0.25) is 5.91 Å². The number of benzene rings is 1. The van der Waals surface area contributed by atoms with Crippen LogP contribution in [0.2, 0.25) is 0 Å². The van der Waals surface area contributed by atoms with E-state index in [9.17, 15) is 9.59 Å². The highest BCUT2D eigenvalue weighted by atomic mass is 16.4. The molecule has 21 heavy (non-hydrogen) atoms. The maximum Gasteiger partial charge on any atom is 0.307 e. The van der Waals surface area contributed by atoms with Crippen molar-refractivity contribution in [1.82, 2.24) is 4.90 Å². The number of rotatable bonds is 4. The molecule has 1 unspecified atom stereocenters. The number of carbonyl (C=O) groups excluding carboxylic acids is 1. The number of amides is 1. The molecule has 0 radical (unpaired) electrons. The molecule has 1 amide bonds. The quantitative estimate of drug-likeness (QED) is 0.890. The molecule has 1 aliphatic rings. The zero-order valence-electron chi connectivity index (χ0n) is 12.6. The third-order valence-corrected chi connectivity index (χ3v) is 3.73. The summed E-state index contributed by atoms with van der Waals surface area (Å²) in [5.41, 5.74) is 3.01. The van der Waals surface area contributed by atoms with E-state index in [4.69, 9.17) is 5.11 Å². The van der Waals surface area contributed by atoms with Gasteiger partial charge in [0.25, 0.3) is 0 Å². The van der Waals surface area contributed by atoms with E-state index in [0.717, 1.165) is 29.8 Å². The lowest BCUT2D eigenvalue weighted by Crippen LogP contribution is -2.42. The number of piperidine rings is 1. The fourth-order valence-electron chi connectivity index (χ4n) is 2.85. The number of nitrogens with one attached hydrogen (secondary N) is 1. The number of carbonyl (C=O) groups is 2. The van der Waals surface area contributed by atoms with Crippen LogP contribution in [-0.2, 0) is 9.59 Å². The van der Waals surface area contributed by atoms with Gasteiger partial charge < -0.3 is 10.4 Å².